The first-order valence-electron chi connectivity index (χ1n) is 9.03. The third-order valence-corrected chi connectivity index (χ3v) is 4.71. The summed E-state index contributed by atoms with van der Waals surface area (Å²) in [7, 11) is 1.31. The Labute approximate surface area is 176 Å². The number of hydrogen-bond acceptors (Lipinski definition) is 6. The lowest BCUT2D eigenvalue weighted by molar-refractivity contribution is -0.147. The van der Waals surface area contributed by atoms with Crippen LogP contribution < -0.4 is 10.3 Å². The fourth-order valence-corrected chi connectivity index (χ4v) is 3.11. The van der Waals surface area contributed by atoms with E-state index in [1.807, 2.05) is 19.1 Å². The van der Waals surface area contributed by atoms with Gasteiger partial charge in [0.15, 0.2) is 6.10 Å². The molecule has 1 aromatic heterocycles. The van der Waals surface area contributed by atoms with Crippen LogP contribution in [0.3, 0.4) is 0 Å². The van der Waals surface area contributed by atoms with E-state index >= 15 is 0 Å². The Morgan fingerprint density at radius 3 is 2.83 bits per heavy atom. The third-order valence-electron chi connectivity index (χ3n) is 4.22. The number of carbonyl (C=O) groups is 1. The van der Waals surface area contributed by atoms with Gasteiger partial charge >= 0.3 is 5.97 Å². The van der Waals surface area contributed by atoms with Crippen molar-refractivity contribution in [3.05, 3.63) is 68.7 Å². The number of nitrogens with zero attached hydrogens (tertiary/aromatic N) is 3. The Balaban J connectivity index is 1.95. The van der Waals surface area contributed by atoms with Crippen LogP contribution in [0.2, 0.25) is 0 Å². The Morgan fingerprint density at radius 2 is 2.10 bits per heavy atom. The minimum Gasteiger partial charge on any atom is -0.479 e. The van der Waals surface area contributed by atoms with Crippen molar-refractivity contribution in [1.29, 1.82) is 0 Å². The summed E-state index contributed by atoms with van der Waals surface area (Å²) in [6, 6.07) is 12.4. The summed E-state index contributed by atoms with van der Waals surface area (Å²) in [6.45, 7) is 3.53. The summed E-state index contributed by atoms with van der Waals surface area (Å²) in [5.41, 5.74) is 1.10. The van der Waals surface area contributed by atoms with E-state index in [4.69, 9.17) is 4.74 Å². The van der Waals surface area contributed by atoms with Crippen molar-refractivity contribution in [1.82, 2.24) is 9.66 Å². The van der Waals surface area contributed by atoms with Gasteiger partial charge in [0, 0.05) is 10.9 Å². The van der Waals surface area contributed by atoms with Gasteiger partial charge in [0.1, 0.15) is 11.6 Å². The number of hydrogen-bond donors (Lipinski definition) is 0. The summed E-state index contributed by atoms with van der Waals surface area (Å²) < 4.78 is 12.3. The fourth-order valence-electron chi connectivity index (χ4n) is 2.75. The molecule has 0 aliphatic carbocycles. The molecule has 0 aliphatic rings. The van der Waals surface area contributed by atoms with E-state index in [0.717, 1.165) is 4.47 Å². The third kappa shape index (κ3) is 4.71. The molecule has 0 spiro atoms. The number of ether oxygens (including phenoxy) is 2. The summed E-state index contributed by atoms with van der Waals surface area (Å²) in [5.74, 6) is 0.597. The highest BCUT2D eigenvalue weighted by molar-refractivity contribution is 9.10. The molecule has 8 heteroatoms. The first kappa shape index (κ1) is 20.7. The normalized spacial score (nSPS) is 12.3. The molecular weight excluding hydrogens is 438 g/mol. The van der Waals surface area contributed by atoms with Gasteiger partial charge < -0.3 is 9.47 Å². The van der Waals surface area contributed by atoms with Gasteiger partial charge in [0.25, 0.3) is 5.56 Å². The molecule has 1 atom stereocenters. The number of halogens is 1. The van der Waals surface area contributed by atoms with Crippen molar-refractivity contribution in [2.45, 2.75) is 26.4 Å². The number of carbonyl (C=O) groups excluding carboxylic acids is 1. The number of esters is 1. The molecule has 0 amide bonds. The van der Waals surface area contributed by atoms with Crippen LogP contribution >= 0.6 is 15.9 Å². The standard InChI is InChI=1S/C21H20BrN3O4/c1-4-19-24-18-9-8-15(22)11-17(18)20(26)25(19)23-12-14-6-5-7-16(10-14)29-13(2)21(27)28-3/h5-13H,4H2,1-3H3/t13-/m1/s1. The average molecular weight is 458 g/mol. The van der Waals surface area contributed by atoms with Crippen molar-refractivity contribution < 1.29 is 14.3 Å². The summed E-state index contributed by atoms with van der Waals surface area (Å²) in [6.07, 6.45) is 1.38. The van der Waals surface area contributed by atoms with E-state index < -0.39 is 12.1 Å². The van der Waals surface area contributed by atoms with Crippen LogP contribution in [0.25, 0.3) is 10.9 Å². The van der Waals surface area contributed by atoms with Crippen LogP contribution in [-0.2, 0) is 16.0 Å². The van der Waals surface area contributed by atoms with E-state index in [9.17, 15) is 9.59 Å². The second-order valence-corrected chi connectivity index (χ2v) is 7.18. The topological polar surface area (TPSA) is 82.8 Å². The molecule has 2 aromatic carbocycles. The van der Waals surface area contributed by atoms with Gasteiger partial charge in [-0.3, -0.25) is 4.79 Å². The molecule has 0 aliphatic heterocycles. The second-order valence-electron chi connectivity index (χ2n) is 6.26. The fraction of sp³-hybridized carbons (Fsp3) is 0.238. The van der Waals surface area contributed by atoms with Gasteiger partial charge in [-0.05, 0) is 42.8 Å². The highest BCUT2D eigenvalue weighted by atomic mass is 79.9. The lowest BCUT2D eigenvalue weighted by Crippen LogP contribution is -2.24. The zero-order chi connectivity index (χ0) is 21.0. The number of aryl methyl sites for hydroxylation is 1. The van der Waals surface area contributed by atoms with E-state index in [1.54, 1.807) is 43.5 Å². The number of methoxy groups -OCH3 is 1. The van der Waals surface area contributed by atoms with Crippen LogP contribution in [-0.4, -0.2) is 35.1 Å². The monoisotopic (exact) mass is 457 g/mol. The van der Waals surface area contributed by atoms with Gasteiger partial charge in [-0.15, -0.1) is 0 Å². The first-order valence-corrected chi connectivity index (χ1v) is 9.82. The van der Waals surface area contributed by atoms with Crippen molar-refractivity contribution in [3.8, 4) is 5.75 Å². The molecule has 0 bridgehead atoms. The number of rotatable bonds is 6. The SMILES string of the molecule is CCc1nc2ccc(Br)cc2c(=O)n1N=Cc1cccc(O[C@H](C)C(=O)OC)c1. The Morgan fingerprint density at radius 1 is 1.31 bits per heavy atom. The van der Waals surface area contributed by atoms with Crippen LogP contribution in [0.1, 0.15) is 25.2 Å². The van der Waals surface area contributed by atoms with Gasteiger partial charge in [-0.1, -0.05) is 35.0 Å². The zero-order valence-corrected chi connectivity index (χ0v) is 17.8. The lowest BCUT2D eigenvalue weighted by Gasteiger charge is -2.12. The Bertz CT molecular complexity index is 1140. The molecule has 0 radical (unpaired) electrons. The maximum absolute atomic E-state index is 12.9. The molecule has 29 heavy (non-hydrogen) atoms. The maximum Gasteiger partial charge on any atom is 0.346 e. The molecule has 0 unspecified atom stereocenters. The van der Waals surface area contributed by atoms with Crippen LogP contribution in [0.5, 0.6) is 5.75 Å². The summed E-state index contributed by atoms with van der Waals surface area (Å²) in [4.78, 5) is 29.0. The van der Waals surface area contributed by atoms with Gasteiger partial charge in [-0.25, -0.2) is 9.78 Å². The van der Waals surface area contributed by atoms with Crippen LogP contribution in [0.15, 0.2) is 56.8 Å². The second kappa shape index (κ2) is 9.00. The molecule has 0 saturated carbocycles. The van der Waals surface area contributed by atoms with Gasteiger partial charge in [0.05, 0.1) is 24.2 Å². The molecule has 0 saturated heterocycles. The van der Waals surface area contributed by atoms with Crippen LogP contribution in [0, 0.1) is 0 Å². The van der Waals surface area contributed by atoms with E-state index in [-0.39, 0.29) is 5.56 Å². The lowest BCUT2D eigenvalue weighted by atomic mass is 10.2. The number of benzene rings is 2. The van der Waals surface area contributed by atoms with Crippen molar-refractivity contribution >= 4 is 39.0 Å². The number of fused-ring (bicyclic) bond motifs is 1. The average Bonchev–Trinajstić information content (AvgIpc) is 2.72. The quantitative estimate of drug-likeness (QED) is 0.417. The molecule has 3 rings (SSSR count). The Kier molecular flexibility index (Phi) is 6.43. The molecule has 1 heterocycles. The van der Waals surface area contributed by atoms with Crippen molar-refractivity contribution in [3.63, 3.8) is 0 Å². The maximum atomic E-state index is 12.9. The molecule has 3 aromatic rings. The van der Waals surface area contributed by atoms with Crippen molar-refractivity contribution in [2.75, 3.05) is 7.11 Å². The zero-order valence-electron chi connectivity index (χ0n) is 16.3. The largest absolute Gasteiger partial charge is 0.479 e. The minimum absolute atomic E-state index is 0.240. The predicted molar refractivity (Wildman–Crippen MR) is 115 cm³/mol. The summed E-state index contributed by atoms with van der Waals surface area (Å²) >= 11 is 3.38. The van der Waals surface area contributed by atoms with Gasteiger partial charge in [0.2, 0.25) is 0 Å². The Hall–Kier alpha value is -3.00. The highest BCUT2D eigenvalue weighted by Crippen LogP contribution is 2.17. The van der Waals surface area contributed by atoms with E-state index in [0.29, 0.717) is 34.5 Å². The minimum atomic E-state index is -0.732. The molecule has 150 valence electrons. The molecule has 7 nitrogen and oxygen atoms in total. The molecule has 0 N–H and O–H groups in total. The molecular formula is C21H20BrN3O4. The van der Waals surface area contributed by atoms with Gasteiger partial charge in [-0.2, -0.15) is 9.78 Å². The predicted octanol–water partition coefficient (Wildman–Crippen LogP) is 3.54. The smallest absolute Gasteiger partial charge is 0.346 e. The van der Waals surface area contributed by atoms with E-state index in [2.05, 4.69) is 30.8 Å². The highest BCUT2D eigenvalue weighted by Gasteiger charge is 2.14. The van der Waals surface area contributed by atoms with Crippen molar-refractivity contribution in [2.24, 2.45) is 5.10 Å². The van der Waals surface area contributed by atoms with E-state index in [1.165, 1.54) is 11.8 Å². The first-order chi connectivity index (χ1) is 13.9. The summed E-state index contributed by atoms with van der Waals surface area (Å²) in [5, 5.41) is 4.84. The van der Waals surface area contributed by atoms with Crippen LogP contribution in [0.4, 0.5) is 0 Å². The number of aromatic nitrogens is 2. The molecule has 0 fully saturated rings.